The molecular weight excluding hydrogens is 272 g/mol. The molecule has 1 aliphatic rings. The molecule has 3 nitrogen and oxygen atoms in total. The number of anilines is 1. The first-order valence-electron chi connectivity index (χ1n) is 7.44. The monoisotopic (exact) mass is 291 g/mol. The van der Waals surface area contributed by atoms with Gasteiger partial charge in [-0.25, -0.2) is 18.7 Å². The fourth-order valence-corrected chi connectivity index (χ4v) is 3.09. The van der Waals surface area contributed by atoms with Crippen molar-refractivity contribution in [2.24, 2.45) is 0 Å². The van der Waals surface area contributed by atoms with Gasteiger partial charge >= 0.3 is 0 Å². The van der Waals surface area contributed by atoms with Crippen LogP contribution in [0.3, 0.4) is 0 Å². The zero-order valence-electron chi connectivity index (χ0n) is 12.1. The number of hydrogen-bond acceptors (Lipinski definition) is 3. The fourth-order valence-electron chi connectivity index (χ4n) is 3.09. The minimum absolute atomic E-state index is 0.377. The normalized spacial score (nSPS) is 16.6. The van der Waals surface area contributed by atoms with Crippen LogP contribution in [0.4, 0.5) is 14.6 Å². The Hall–Kier alpha value is -1.78. The molecule has 0 atom stereocenters. The molecule has 0 N–H and O–H groups in total. The number of halogens is 2. The van der Waals surface area contributed by atoms with E-state index in [0.29, 0.717) is 17.4 Å². The third-order valence-corrected chi connectivity index (χ3v) is 4.25. The predicted octanol–water partition coefficient (Wildman–Crippen LogP) is 4.34. The Kier molecular flexibility index (Phi) is 3.99. The summed E-state index contributed by atoms with van der Waals surface area (Å²) in [5.74, 6) is 0.245. The van der Waals surface area contributed by atoms with E-state index in [1.54, 1.807) is 6.07 Å². The zero-order valence-corrected chi connectivity index (χ0v) is 12.1. The van der Waals surface area contributed by atoms with Crippen LogP contribution in [-0.2, 0) is 0 Å². The van der Waals surface area contributed by atoms with Gasteiger partial charge in [0.25, 0.3) is 6.43 Å². The zero-order chi connectivity index (χ0) is 14.8. The topological polar surface area (TPSA) is 29.0 Å². The number of para-hydroxylation sites is 1. The van der Waals surface area contributed by atoms with E-state index in [-0.39, 0.29) is 5.82 Å². The second-order valence-corrected chi connectivity index (χ2v) is 5.63. The maximum Gasteiger partial charge on any atom is 0.297 e. The Morgan fingerprint density at radius 1 is 1.10 bits per heavy atom. The molecule has 1 fully saturated rings. The van der Waals surface area contributed by atoms with Gasteiger partial charge in [0.2, 0.25) is 0 Å². The summed E-state index contributed by atoms with van der Waals surface area (Å²) in [5, 5.41) is 0.843. The Labute approximate surface area is 123 Å². The van der Waals surface area contributed by atoms with Gasteiger partial charge in [0.05, 0.1) is 5.52 Å². The lowest BCUT2D eigenvalue weighted by Gasteiger charge is -2.32. The van der Waals surface area contributed by atoms with E-state index in [0.717, 1.165) is 18.2 Å². The molecule has 3 rings (SSSR count). The average molecular weight is 291 g/mol. The first-order valence-corrected chi connectivity index (χ1v) is 7.44. The van der Waals surface area contributed by atoms with Crippen LogP contribution in [0.5, 0.6) is 0 Å². The number of hydrogen-bond donors (Lipinski definition) is 0. The highest BCUT2D eigenvalue weighted by Gasteiger charge is 2.23. The summed E-state index contributed by atoms with van der Waals surface area (Å²) in [4.78, 5) is 10.2. The van der Waals surface area contributed by atoms with Crippen LogP contribution in [-0.4, -0.2) is 23.1 Å². The second kappa shape index (κ2) is 5.92. The number of fused-ring (bicyclic) bond motifs is 1. The Bertz CT molecular complexity index is 624. The lowest BCUT2D eigenvalue weighted by atomic mass is 9.94. The Balaban J connectivity index is 2.06. The lowest BCUT2D eigenvalue weighted by Crippen LogP contribution is -2.34. The summed E-state index contributed by atoms with van der Waals surface area (Å²) in [7, 11) is 1.96. The molecule has 0 amide bonds. The molecule has 5 heteroatoms. The van der Waals surface area contributed by atoms with E-state index in [2.05, 4.69) is 14.9 Å². The van der Waals surface area contributed by atoms with Gasteiger partial charge in [-0.05, 0) is 25.0 Å². The van der Waals surface area contributed by atoms with Crippen molar-refractivity contribution in [2.45, 2.75) is 44.6 Å². The first-order chi connectivity index (χ1) is 10.2. The Morgan fingerprint density at radius 3 is 2.52 bits per heavy atom. The lowest BCUT2D eigenvalue weighted by molar-refractivity contribution is 0.141. The second-order valence-electron chi connectivity index (χ2n) is 5.63. The number of aromatic nitrogens is 2. The fraction of sp³-hybridized carbons (Fsp3) is 0.500. The molecule has 1 aliphatic carbocycles. The summed E-state index contributed by atoms with van der Waals surface area (Å²) >= 11 is 0. The van der Waals surface area contributed by atoms with Gasteiger partial charge in [0.15, 0.2) is 5.82 Å². The highest BCUT2D eigenvalue weighted by molar-refractivity contribution is 5.89. The SMILES string of the molecule is CN(c1nc(C(F)F)nc2ccccc12)C1CCCCC1. The molecule has 112 valence electrons. The molecule has 0 radical (unpaired) electrons. The van der Waals surface area contributed by atoms with E-state index < -0.39 is 6.43 Å². The molecule has 1 aromatic heterocycles. The van der Waals surface area contributed by atoms with Crippen LogP contribution in [0.1, 0.15) is 44.4 Å². The van der Waals surface area contributed by atoms with Gasteiger partial charge in [0, 0.05) is 18.5 Å². The van der Waals surface area contributed by atoms with Gasteiger partial charge in [-0.3, -0.25) is 0 Å². The summed E-state index contributed by atoms with van der Waals surface area (Å²) in [5.41, 5.74) is 0.584. The maximum atomic E-state index is 13.0. The van der Waals surface area contributed by atoms with Crippen molar-refractivity contribution in [3.63, 3.8) is 0 Å². The van der Waals surface area contributed by atoms with Crippen LogP contribution in [0, 0.1) is 0 Å². The van der Waals surface area contributed by atoms with Crippen molar-refractivity contribution in [1.29, 1.82) is 0 Å². The van der Waals surface area contributed by atoms with E-state index in [4.69, 9.17) is 0 Å². The molecule has 0 unspecified atom stereocenters. The molecule has 0 aliphatic heterocycles. The number of alkyl halides is 2. The molecule has 21 heavy (non-hydrogen) atoms. The van der Waals surface area contributed by atoms with Crippen LogP contribution in [0.25, 0.3) is 10.9 Å². The van der Waals surface area contributed by atoms with Gasteiger partial charge < -0.3 is 4.90 Å². The highest BCUT2D eigenvalue weighted by atomic mass is 19.3. The minimum atomic E-state index is -2.65. The van der Waals surface area contributed by atoms with Gasteiger partial charge in [-0.1, -0.05) is 31.4 Å². The standard InChI is InChI=1S/C16H19F2N3/c1-21(11-7-3-2-4-8-11)16-12-9-5-6-10-13(12)19-15(20-16)14(17)18/h5-6,9-11,14H,2-4,7-8H2,1H3. The smallest absolute Gasteiger partial charge is 0.297 e. The van der Waals surface area contributed by atoms with E-state index in [1.807, 2.05) is 25.2 Å². The molecule has 0 saturated heterocycles. The van der Waals surface area contributed by atoms with Gasteiger partial charge in [0.1, 0.15) is 5.82 Å². The quantitative estimate of drug-likeness (QED) is 0.842. The highest BCUT2D eigenvalue weighted by Crippen LogP contribution is 2.31. The van der Waals surface area contributed by atoms with Crippen LogP contribution in [0.2, 0.25) is 0 Å². The van der Waals surface area contributed by atoms with Crippen molar-refractivity contribution < 1.29 is 8.78 Å². The molecule has 0 spiro atoms. The molecule has 1 aromatic carbocycles. The largest absolute Gasteiger partial charge is 0.356 e. The minimum Gasteiger partial charge on any atom is -0.356 e. The van der Waals surface area contributed by atoms with Crippen LogP contribution < -0.4 is 4.90 Å². The number of nitrogens with zero attached hydrogens (tertiary/aromatic N) is 3. The molecule has 2 aromatic rings. The summed E-state index contributed by atoms with van der Waals surface area (Å²) < 4.78 is 26.1. The van der Waals surface area contributed by atoms with Crippen LogP contribution >= 0.6 is 0 Å². The molecule has 1 saturated carbocycles. The third kappa shape index (κ3) is 2.82. The van der Waals surface area contributed by atoms with Crippen molar-refractivity contribution in [2.75, 3.05) is 11.9 Å². The summed E-state index contributed by atoms with van der Waals surface area (Å²) in [6.07, 6.45) is 3.20. The van der Waals surface area contributed by atoms with E-state index >= 15 is 0 Å². The van der Waals surface area contributed by atoms with Crippen molar-refractivity contribution in [3.8, 4) is 0 Å². The van der Waals surface area contributed by atoms with E-state index in [9.17, 15) is 8.78 Å². The third-order valence-electron chi connectivity index (χ3n) is 4.25. The number of rotatable bonds is 3. The molecule has 0 bridgehead atoms. The van der Waals surface area contributed by atoms with Gasteiger partial charge in [-0.2, -0.15) is 0 Å². The summed E-state index contributed by atoms with van der Waals surface area (Å²) in [6.45, 7) is 0. The Morgan fingerprint density at radius 2 is 1.81 bits per heavy atom. The van der Waals surface area contributed by atoms with Gasteiger partial charge in [-0.15, -0.1) is 0 Å². The number of benzene rings is 1. The van der Waals surface area contributed by atoms with Crippen molar-refractivity contribution >= 4 is 16.7 Å². The van der Waals surface area contributed by atoms with E-state index in [1.165, 1.54) is 19.3 Å². The van der Waals surface area contributed by atoms with Crippen molar-refractivity contribution in [3.05, 3.63) is 30.1 Å². The van der Waals surface area contributed by atoms with Crippen molar-refractivity contribution in [1.82, 2.24) is 9.97 Å². The van der Waals surface area contributed by atoms with Crippen LogP contribution in [0.15, 0.2) is 24.3 Å². The first kappa shape index (κ1) is 14.2. The molecular formula is C16H19F2N3. The molecule has 1 heterocycles. The average Bonchev–Trinajstić information content (AvgIpc) is 2.54. The predicted molar refractivity (Wildman–Crippen MR) is 79.8 cm³/mol. The summed E-state index contributed by atoms with van der Waals surface area (Å²) in [6, 6.07) is 7.75. The maximum absolute atomic E-state index is 13.0.